The normalized spacial score (nSPS) is 11.3. The van der Waals surface area contributed by atoms with Crippen molar-refractivity contribution >= 4 is 32.6 Å². The molecule has 0 spiro atoms. The molecule has 4 heteroatoms. The first-order chi connectivity index (χ1) is 7.03. The molecule has 0 unspecified atom stereocenters. The van der Waals surface area contributed by atoms with E-state index in [-0.39, 0.29) is 0 Å². The van der Waals surface area contributed by atoms with Crippen molar-refractivity contribution in [1.82, 2.24) is 0 Å². The zero-order valence-corrected chi connectivity index (χ0v) is 11.6. The molecule has 0 amide bonds. The van der Waals surface area contributed by atoms with Crippen LogP contribution in [0.25, 0.3) is 0 Å². The van der Waals surface area contributed by atoms with Crippen LogP contribution in [0.2, 0.25) is 10.4 Å². The third-order valence-corrected chi connectivity index (χ3v) is 13.3. The van der Waals surface area contributed by atoms with Gasteiger partial charge in [-0.25, -0.2) is 0 Å². The van der Waals surface area contributed by atoms with Crippen LogP contribution in [0.3, 0.4) is 0 Å². The number of hydrogen-bond donors (Lipinski definition) is 1. The fraction of sp³-hybridized carbons (Fsp3) is 0.364. The van der Waals surface area contributed by atoms with Gasteiger partial charge in [-0.3, -0.25) is 0 Å². The third kappa shape index (κ3) is 2.73. The summed E-state index contributed by atoms with van der Waals surface area (Å²) in [6.45, 7) is 4.27. The molecule has 0 aromatic heterocycles. The van der Waals surface area contributed by atoms with Gasteiger partial charge in [0.05, 0.1) is 0 Å². The van der Waals surface area contributed by atoms with Crippen LogP contribution >= 0.6 is 10.4 Å². The third-order valence-electron chi connectivity index (χ3n) is 2.61. The number of carboxylic acids is 1. The van der Waals surface area contributed by atoms with Crippen molar-refractivity contribution in [2.45, 2.75) is 24.3 Å². The fourth-order valence-electron chi connectivity index (χ4n) is 1.46. The molecule has 0 aliphatic carbocycles. The zero-order chi connectivity index (χ0) is 11.5. The molecule has 2 nitrogen and oxygen atoms in total. The molecule has 1 aromatic carbocycles. The molecule has 15 heavy (non-hydrogen) atoms. The van der Waals surface area contributed by atoms with Crippen LogP contribution in [0.5, 0.6) is 0 Å². The number of carbonyl (C=O) groups is 1. The first-order valence-electron chi connectivity index (χ1n) is 4.95. The van der Waals surface area contributed by atoms with E-state index in [1.807, 2.05) is 12.1 Å². The maximum atomic E-state index is 10.7. The number of aromatic carboxylic acids is 1. The summed E-state index contributed by atoms with van der Waals surface area (Å²) in [5, 5.41) is 10.9. The summed E-state index contributed by atoms with van der Waals surface area (Å²) < 4.78 is 1.21. The SMILES string of the molecule is CC[As](=S)(CC)c1ccc(C(=O)O)cc1. The maximum absolute atomic E-state index is 10.7. The van der Waals surface area contributed by atoms with Gasteiger partial charge in [-0.1, -0.05) is 0 Å². The van der Waals surface area contributed by atoms with Crippen molar-refractivity contribution in [3.05, 3.63) is 29.8 Å². The van der Waals surface area contributed by atoms with E-state index < -0.39 is 17.8 Å². The van der Waals surface area contributed by atoms with Gasteiger partial charge in [-0.05, 0) is 0 Å². The Bertz CT molecular complexity index is 390. The van der Waals surface area contributed by atoms with Gasteiger partial charge in [0.1, 0.15) is 0 Å². The van der Waals surface area contributed by atoms with Crippen LogP contribution < -0.4 is 4.35 Å². The first-order valence-corrected chi connectivity index (χ1v) is 11.2. The van der Waals surface area contributed by atoms with Crippen LogP contribution in [0.15, 0.2) is 24.3 Å². The molecule has 0 saturated carbocycles. The molecule has 0 saturated heterocycles. The minimum atomic E-state index is -2.09. The van der Waals surface area contributed by atoms with Crippen LogP contribution in [0.1, 0.15) is 24.2 Å². The predicted octanol–water partition coefficient (Wildman–Crippen LogP) is 2.77. The molecule has 0 aliphatic heterocycles. The van der Waals surface area contributed by atoms with Crippen molar-refractivity contribution < 1.29 is 9.90 Å². The van der Waals surface area contributed by atoms with Gasteiger partial charge < -0.3 is 0 Å². The summed E-state index contributed by atoms with van der Waals surface area (Å²) in [5.41, 5.74) is 0.336. The van der Waals surface area contributed by atoms with Gasteiger partial charge >= 0.3 is 96.6 Å². The van der Waals surface area contributed by atoms with E-state index in [0.717, 1.165) is 10.4 Å². The van der Waals surface area contributed by atoms with Crippen LogP contribution in [0.4, 0.5) is 0 Å². The Balaban J connectivity index is 3.08. The van der Waals surface area contributed by atoms with E-state index >= 15 is 0 Å². The Kier molecular flexibility index (Phi) is 4.18. The molecule has 0 atom stereocenters. The van der Waals surface area contributed by atoms with Gasteiger partial charge in [0.25, 0.3) is 0 Å². The second-order valence-electron chi connectivity index (χ2n) is 3.37. The molecular weight excluding hydrogens is 271 g/mol. The molecule has 0 bridgehead atoms. The van der Waals surface area contributed by atoms with E-state index in [1.54, 1.807) is 12.1 Å². The van der Waals surface area contributed by atoms with Gasteiger partial charge in [0, 0.05) is 0 Å². The number of benzene rings is 1. The molecule has 0 radical (unpaired) electrons. The Hall–Kier alpha value is -0.532. The predicted molar refractivity (Wildman–Crippen MR) is 67.3 cm³/mol. The summed E-state index contributed by atoms with van der Waals surface area (Å²) in [5.74, 6) is -0.879. The summed E-state index contributed by atoms with van der Waals surface area (Å²) in [4.78, 5) is 10.7. The average molecular weight is 286 g/mol. The zero-order valence-electron chi connectivity index (χ0n) is 8.93. The van der Waals surface area contributed by atoms with Crippen LogP contribution in [0, 0.1) is 0 Å². The standard InChI is InChI=1S/C11H15AsO2S/c1-3-12(15,4-2)10-7-5-9(6-8-10)11(13)14/h5-8H,3-4H2,1-2H3,(H,13,14). The van der Waals surface area contributed by atoms with E-state index in [2.05, 4.69) is 13.8 Å². The summed E-state index contributed by atoms with van der Waals surface area (Å²) >= 11 is -2.09. The molecular formula is C11H15AsO2S. The molecule has 0 aliphatic rings. The van der Waals surface area contributed by atoms with Gasteiger partial charge in [-0.15, -0.1) is 0 Å². The Morgan fingerprint density at radius 2 is 1.73 bits per heavy atom. The molecule has 82 valence electrons. The molecule has 0 fully saturated rings. The Labute approximate surface area is 96.5 Å². The van der Waals surface area contributed by atoms with E-state index in [0.29, 0.717) is 5.56 Å². The van der Waals surface area contributed by atoms with E-state index in [4.69, 9.17) is 15.5 Å². The summed E-state index contributed by atoms with van der Waals surface area (Å²) in [6, 6.07) is 7.11. The van der Waals surface area contributed by atoms with Crippen LogP contribution in [-0.4, -0.2) is 23.0 Å². The van der Waals surface area contributed by atoms with Gasteiger partial charge in [0.15, 0.2) is 0 Å². The summed E-state index contributed by atoms with van der Waals surface area (Å²) in [7, 11) is 5.70. The fourth-order valence-corrected chi connectivity index (χ4v) is 6.02. The quantitative estimate of drug-likeness (QED) is 0.865. The van der Waals surface area contributed by atoms with Crippen molar-refractivity contribution in [3.8, 4) is 0 Å². The first kappa shape index (κ1) is 12.5. The molecule has 0 heterocycles. The molecule has 1 rings (SSSR count). The Morgan fingerprint density at radius 3 is 2.07 bits per heavy atom. The minimum absolute atomic E-state index is 0.336. The van der Waals surface area contributed by atoms with Crippen molar-refractivity contribution in [1.29, 1.82) is 0 Å². The second-order valence-corrected chi connectivity index (χ2v) is 14.5. The average Bonchev–Trinajstić information content (AvgIpc) is 2.28. The van der Waals surface area contributed by atoms with Gasteiger partial charge in [0.2, 0.25) is 0 Å². The monoisotopic (exact) mass is 286 g/mol. The van der Waals surface area contributed by atoms with Crippen LogP contribution in [-0.2, 0) is 0 Å². The Morgan fingerprint density at radius 1 is 1.27 bits per heavy atom. The van der Waals surface area contributed by atoms with Crippen molar-refractivity contribution in [2.24, 2.45) is 0 Å². The van der Waals surface area contributed by atoms with E-state index in [1.165, 1.54) is 4.35 Å². The molecule has 1 N–H and O–H groups in total. The summed E-state index contributed by atoms with van der Waals surface area (Å²) in [6.07, 6.45) is 0. The van der Waals surface area contributed by atoms with E-state index in [9.17, 15) is 4.79 Å². The van der Waals surface area contributed by atoms with Crippen molar-refractivity contribution in [2.75, 3.05) is 0 Å². The topological polar surface area (TPSA) is 37.3 Å². The number of hydrogen-bond acceptors (Lipinski definition) is 2. The van der Waals surface area contributed by atoms with Gasteiger partial charge in [-0.2, -0.15) is 0 Å². The second kappa shape index (κ2) is 5.00. The van der Waals surface area contributed by atoms with Crippen molar-refractivity contribution in [3.63, 3.8) is 0 Å². The molecule has 1 aromatic rings. The number of carboxylic acid groups (broad SMARTS) is 1. The number of rotatable bonds is 4.